The molecule has 0 saturated carbocycles. The van der Waals surface area contributed by atoms with Crippen molar-refractivity contribution in [1.29, 1.82) is 0 Å². The SMILES string of the molecule is CCOC(=O)C(C)Nc1cc(C)c(Oc2ccc(O)c(C(C)C)c2)c(C)c1. The summed E-state index contributed by atoms with van der Waals surface area (Å²) in [6.07, 6.45) is 0. The molecule has 0 spiro atoms. The monoisotopic (exact) mass is 371 g/mol. The van der Waals surface area contributed by atoms with E-state index in [-0.39, 0.29) is 17.6 Å². The number of carbonyl (C=O) groups excluding carboxylic acids is 1. The molecule has 0 amide bonds. The molecule has 0 aliphatic rings. The number of ether oxygens (including phenoxy) is 2. The molecule has 0 aliphatic heterocycles. The first-order valence-electron chi connectivity index (χ1n) is 9.28. The van der Waals surface area contributed by atoms with Gasteiger partial charge in [0.05, 0.1) is 6.61 Å². The van der Waals surface area contributed by atoms with Crippen LogP contribution in [-0.4, -0.2) is 23.7 Å². The van der Waals surface area contributed by atoms with E-state index in [4.69, 9.17) is 9.47 Å². The van der Waals surface area contributed by atoms with E-state index in [1.165, 1.54) is 0 Å². The number of benzene rings is 2. The first-order valence-corrected chi connectivity index (χ1v) is 9.28. The Morgan fingerprint density at radius 3 is 2.30 bits per heavy atom. The van der Waals surface area contributed by atoms with Crippen LogP contribution in [0.5, 0.6) is 17.2 Å². The quantitative estimate of drug-likeness (QED) is 0.648. The molecule has 0 saturated heterocycles. The van der Waals surface area contributed by atoms with Crippen molar-refractivity contribution in [1.82, 2.24) is 0 Å². The fraction of sp³-hybridized carbons (Fsp3) is 0.409. The van der Waals surface area contributed by atoms with Gasteiger partial charge < -0.3 is 19.9 Å². The van der Waals surface area contributed by atoms with Crippen LogP contribution in [0.1, 0.15) is 50.3 Å². The average Bonchev–Trinajstić information content (AvgIpc) is 2.59. The molecule has 1 atom stereocenters. The van der Waals surface area contributed by atoms with Gasteiger partial charge in [0.25, 0.3) is 0 Å². The van der Waals surface area contributed by atoms with Gasteiger partial charge in [0, 0.05) is 11.3 Å². The van der Waals surface area contributed by atoms with Crippen molar-refractivity contribution in [3.05, 3.63) is 47.0 Å². The number of phenols is 1. The number of anilines is 1. The van der Waals surface area contributed by atoms with Crippen molar-refractivity contribution in [3.8, 4) is 17.2 Å². The Bertz CT molecular complexity index is 791. The Morgan fingerprint density at radius 2 is 1.74 bits per heavy atom. The van der Waals surface area contributed by atoms with E-state index in [0.29, 0.717) is 12.4 Å². The van der Waals surface area contributed by atoms with Crippen LogP contribution in [0.4, 0.5) is 5.69 Å². The van der Waals surface area contributed by atoms with Crippen LogP contribution in [-0.2, 0) is 9.53 Å². The second-order valence-electron chi connectivity index (χ2n) is 7.03. The summed E-state index contributed by atoms with van der Waals surface area (Å²) in [5.41, 5.74) is 3.59. The van der Waals surface area contributed by atoms with Gasteiger partial charge in [0.15, 0.2) is 0 Å². The van der Waals surface area contributed by atoms with Gasteiger partial charge in [-0.3, -0.25) is 0 Å². The fourth-order valence-electron chi connectivity index (χ4n) is 2.95. The largest absolute Gasteiger partial charge is 0.508 e. The summed E-state index contributed by atoms with van der Waals surface area (Å²) in [5.74, 6) is 1.65. The maximum Gasteiger partial charge on any atom is 0.328 e. The molecule has 146 valence electrons. The van der Waals surface area contributed by atoms with Crippen LogP contribution in [0, 0.1) is 13.8 Å². The second-order valence-corrected chi connectivity index (χ2v) is 7.03. The number of rotatable bonds is 7. The molecule has 5 nitrogen and oxygen atoms in total. The zero-order valence-electron chi connectivity index (χ0n) is 16.9. The number of aryl methyl sites for hydroxylation is 2. The first kappa shape index (κ1) is 20.6. The van der Waals surface area contributed by atoms with E-state index >= 15 is 0 Å². The molecular weight excluding hydrogens is 342 g/mol. The standard InChI is InChI=1S/C22H29NO4/c1-7-26-22(25)16(6)23-17-10-14(4)21(15(5)11-17)27-18-8-9-20(24)19(12-18)13(2)3/h8-13,16,23-24H,7H2,1-6H3. The summed E-state index contributed by atoms with van der Waals surface area (Å²) >= 11 is 0. The second kappa shape index (κ2) is 8.80. The van der Waals surface area contributed by atoms with Gasteiger partial charge >= 0.3 is 5.97 Å². The highest BCUT2D eigenvalue weighted by Gasteiger charge is 2.16. The third-order valence-electron chi connectivity index (χ3n) is 4.32. The van der Waals surface area contributed by atoms with Crippen LogP contribution in [0.3, 0.4) is 0 Å². The molecule has 5 heteroatoms. The molecule has 2 N–H and O–H groups in total. The molecule has 0 heterocycles. The molecule has 2 rings (SSSR count). The van der Waals surface area contributed by atoms with E-state index in [0.717, 1.165) is 28.1 Å². The minimum absolute atomic E-state index is 0.201. The molecule has 27 heavy (non-hydrogen) atoms. The lowest BCUT2D eigenvalue weighted by molar-refractivity contribution is -0.143. The molecule has 0 fully saturated rings. The minimum Gasteiger partial charge on any atom is -0.508 e. The highest BCUT2D eigenvalue weighted by molar-refractivity contribution is 5.79. The van der Waals surface area contributed by atoms with E-state index in [2.05, 4.69) is 5.32 Å². The topological polar surface area (TPSA) is 67.8 Å². The highest BCUT2D eigenvalue weighted by atomic mass is 16.5. The molecule has 0 aliphatic carbocycles. The van der Waals surface area contributed by atoms with Crippen LogP contribution in [0.15, 0.2) is 30.3 Å². The van der Waals surface area contributed by atoms with Crippen LogP contribution < -0.4 is 10.1 Å². The van der Waals surface area contributed by atoms with Crippen LogP contribution in [0.25, 0.3) is 0 Å². The third-order valence-corrected chi connectivity index (χ3v) is 4.32. The zero-order valence-corrected chi connectivity index (χ0v) is 16.9. The Hall–Kier alpha value is -2.69. The molecule has 0 radical (unpaired) electrons. The fourth-order valence-corrected chi connectivity index (χ4v) is 2.95. The Balaban J connectivity index is 2.22. The van der Waals surface area contributed by atoms with Crippen molar-refractivity contribution in [2.75, 3.05) is 11.9 Å². The zero-order chi connectivity index (χ0) is 20.1. The Kier molecular flexibility index (Phi) is 6.72. The number of hydrogen-bond acceptors (Lipinski definition) is 5. The number of hydrogen-bond donors (Lipinski definition) is 2. The molecule has 2 aromatic rings. The summed E-state index contributed by atoms with van der Waals surface area (Å²) in [6, 6.07) is 8.75. The number of esters is 1. The van der Waals surface area contributed by atoms with Gasteiger partial charge in [0.2, 0.25) is 0 Å². The van der Waals surface area contributed by atoms with Crippen molar-refractivity contribution >= 4 is 11.7 Å². The van der Waals surface area contributed by atoms with Gasteiger partial charge in [-0.05, 0) is 75.1 Å². The molecule has 0 bridgehead atoms. The van der Waals surface area contributed by atoms with Crippen molar-refractivity contribution < 1.29 is 19.4 Å². The predicted molar refractivity (Wildman–Crippen MR) is 108 cm³/mol. The lowest BCUT2D eigenvalue weighted by atomic mass is 10.0. The predicted octanol–water partition coefficient (Wildman–Crippen LogP) is 5.29. The van der Waals surface area contributed by atoms with E-state index in [9.17, 15) is 9.90 Å². The average molecular weight is 371 g/mol. The van der Waals surface area contributed by atoms with Gasteiger partial charge in [0.1, 0.15) is 23.3 Å². The number of phenolic OH excluding ortho intramolecular Hbond substituents is 1. The minimum atomic E-state index is -0.429. The van der Waals surface area contributed by atoms with E-state index in [1.54, 1.807) is 26.0 Å². The summed E-state index contributed by atoms with van der Waals surface area (Å²) in [6.45, 7) is 11.9. The lowest BCUT2D eigenvalue weighted by Gasteiger charge is -2.18. The normalized spacial score (nSPS) is 12.0. The maximum atomic E-state index is 11.8. The third kappa shape index (κ3) is 5.16. The summed E-state index contributed by atoms with van der Waals surface area (Å²) in [5, 5.41) is 13.1. The van der Waals surface area contributed by atoms with Crippen molar-refractivity contribution in [2.45, 2.75) is 53.5 Å². The Morgan fingerprint density at radius 1 is 1.11 bits per heavy atom. The number of aromatic hydroxyl groups is 1. The first-order chi connectivity index (χ1) is 12.7. The van der Waals surface area contributed by atoms with E-state index < -0.39 is 6.04 Å². The van der Waals surface area contributed by atoms with E-state index in [1.807, 2.05) is 45.9 Å². The smallest absolute Gasteiger partial charge is 0.328 e. The maximum absolute atomic E-state index is 11.8. The van der Waals surface area contributed by atoms with Crippen molar-refractivity contribution in [3.63, 3.8) is 0 Å². The summed E-state index contributed by atoms with van der Waals surface area (Å²) in [4.78, 5) is 11.8. The number of nitrogens with one attached hydrogen (secondary N) is 1. The van der Waals surface area contributed by atoms with Gasteiger partial charge in [-0.15, -0.1) is 0 Å². The van der Waals surface area contributed by atoms with Gasteiger partial charge in [-0.1, -0.05) is 13.8 Å². The van der Waals surface area contributed by atoms with Crippen molar-refractivity contribution in [2.24, 2.45) is 0 Å². The molecular formula is C22H29NO4. The molecule has 2 aromatic carbocycles. The van der Waals surface area contributed by atoms with Gasteiger partial charge in [-0.2, -0.15) is 0 Å². The highest BCUT2D eigenvalue weighted by Crippen LogP contribution is 2.35. The Labute approximate surface area is 161 Å². The molecule has 1 unspecified atom stereocenters. The van der Waals surface area contributed by atoms with Crippen LogP contribution in [0.2, 0.25) is 0 Å². The lowest BCUT2D eigenvalue weighted by Crippen LogP contribution is -2.28. The summed E-state index contributed by atoms with van der Waals surface area (Å²) in [7, 11) is 0. The molecule has 0 aromatic heterocycles. The summed E-state index contributed by atoms with van der Waals surface area (Å²) < 4.78 is 11.1. The number of carbonyl (C=O) groups is 1. The van der Waals surface area contributed by atoms with Crippen LogP contribution >= 0.6 is 0 Å². The van der Waals surface area contributed by atoms with Gasteiger partial charge in [-0.25, -0.2) is 4.79 Å².